The molecule has 19 heavy (non-hydrogen) atoms. The molecule has 0 aliphatic carbocycles. The van der Waals surface area contributed by atoms with Crippen molar-refractivity contribution in [2.24, 2.45) is 5.73 Å². The second-order valence-corrected chi connectivity index (χ2v) is 5.42. The lowest BCUT2D eigenvalue weighted by Crippen LogP contribution is -2.37. The Hall–Kier alpha value is -1.65. The molecule has 4 heteroatoms. The van der Waals surface area contributed by atoms with Crippen LogP contribution in [0.4, 0.5) is 0 Å². The van der Waals surface area contributed by atoms with Gasteiger partial charge in [0.1, 0.15) is 0 Å². The molecule has 2 aromatic rings. The van der Waals surface area contributed by atoms with E-state index in [2.05, 4.69) is 0 Å². The fourth-order valence-corrected chi connectivity index (χ4v) is 2.74. The van der Waals surface area contributed by atoms with Crippen molar-refractivity contribution in [3.8, 4) is 0 Å². The first-order valence-electron chi connectivity index (χ1n) is 6.29. The summed E-state index contributed by atoms with van der Waals surface area (Å²) >= 11 is 1.66. The zero-order valence-electron chi connectivity index (χ0n) is 11.0. The number of nitrogens with two attached hydrogens (primary N) is 1. The number of carbonyl (C=O) groups excluding carboxylic acids is 1. The molecule has 1 unspecified atom stereocenters. The molecule has 1 amide bonds. The normalized spacial score (nSPS) is 12.1. The first-order chi connectivity index (χ1) is 9.22. The van der Waals surface area contributed by atoms with Crippen molar-refractivity contribution in [1.29, 1.82) is 0 Å². The summed E-state index contributed by atoms with van der Waals surface area (Å²) in [4.78, 5) is 15.1. The van der Waals surface area contributed by atoms with Gasteiger partial charge in [-0.2, -0.15) is 0 Å². The van der Waals surface area contributed by atoms with Crippen LogP contribution in [0.25, 0.3) is 0 Å². The maximum atomic E-state index is 12.1. The third kappa shape index (κ3) is 3.43. The van der Waals surface area contributed by atoms with Gasteiger partial charge in [-0.3, -0.25) is 4.79 Å². The summed E-state index contributed by atoms with van der Waals surface area (Å²) in [5, 5.41) is 2.02. The number of nitrogens with zero attached hydrogens (tertiary/aromatic N) is 1. The van der Waals surface area contributed by atoms with Gasteiger partial charge in [0.2, 0.25) is 5.91 Å². The van der Waals surface area contributed by atoms with E-state index >= 15 is 0 Å². The van der Waals surface area contributed by atoms with Gasteiger partial charge in [0.05, 0.1) is 19.1 Å². The van der Waals surface area contributed by atoms with Gasteiger partial charge in [0.25, 0.3) is 0 Å². The lowest BCUT2D eigenvalue weighted by molar-refractivity contribution is -0.132. The molecule has 3 nitrogen and oxygen atoms in total. The van der Waals surface area contributed by atoms with Crippen LogP contribution in [-0.2, 0) is 11.3 Å². The van der Waals surface area contributed by atoms with Crippen LogP contribution in [0.5, 0.6) is 0 Å². The topological polar surface area (TPSA) is 46.3 Å². The molecule has 0 bridgehead atoms. The summed E-state index contributed by atoms with van der Waals surface area (Å²) in [6, 6.07) is 14.1. The van der Waals surface area contributed by atoms with Crippen molar-refractivity contribution < 1.29 is 4.79 Å². The third-order valence-corrected chi connectivity index (χ3v) is 4.01. The molecule has 1 heterocycles. The van der Waals surface area contributed by atoms with Crippen LogP contribution in [0.1, 0.15) is 23.4 Å². The predicted molar refractivity (Wildman–Crippen MR) is 78.8 cm³/mol. The lowest BCUT2D eigenvalue weighted by Gasteiger charge is -2.29. The number of carbonyl (C=O) groups is 1. The van der Waals surface area contributed by atoms with E-state index in [0.29, 0.717) is 6.54 Å². The number of amides is 1. The van der Waals surface area contributed by atoms with Crippen LogP contribution in [0.2, 0.25) is 0 Å². The Morgan fingerprint density at radius 2 is 2.00 bits per heavy atom. The monoisotopic (exact) mass is 274 g/mol. The van der Waals surface area contributed by atoms with Gasteiger partial charge < -0.3 is 10.6 Å². The number of hydrogen-bond acceptors (Lipinski definition) is 3. The Morgan fingerprint density at radius 3 is 2.58 bits per heavy atom. The van der Waals surface area contributed by atoms with E-state index in [9.17, 15) is 4.79 Å². The van der Waals surface area contributed by atoms with E-state index in [1.807, 2.05) is 59.7 Å². The molecule has 1 aromatic heterocycles. The van der Waals surface area contributed by atoms with E-state index < -0.39 is 0 Å². The molecule has 100 valence electrons. The number of hydrogen-bond donors (Lipinski definition) is 1. The van der Waals surface area contributed by atoms with Gasteiger partial charge in [-0.05, 0) is 23.9 Å². The number of rotatable bonds is 5. The first-order valence-corrected chi connectivity index (χ1v) is 7.17. The molecule has 2 rings (SSSR count). The SMILES string of the molecule is CC(c1ccccc1)N(Cc1cccs1)C(=O)CN. The highest BCUT2D eigenvalue weighted by atomic mass is 32.1. The van der Waals surface area contributed by atoms with Crippen molar-refractivity contribution >= 4 is 17.2 Å². The third-order valence-electron chi connectivity index (χ3n) is 3.15. The fourth-order valence-electron chi connectivity index (χ4n) is 2.04. The van der Waals surface area contributed by atoms with Crippen molar-refractivity contribution in [2.45, 2.75) is 19.5 Å². The minimum atomic E-state index is -0.0234. The van der Waals surface area contributed by atoms with Crippen molar-refractivity contribution in [3.63, 3.8) is 0 Å². The number of benzene rings is 1. The quantitative estimate of drug-likeness (QED) is 0.911. The van der Waals surface area contributed by atoms with Crippen LogP contribution in [-0.4, -0.2) is 17.4 Å². The van der Waals surface area contributed by atoms with E-state index in [-0.39, 0.29) is 18.5 Å². The Morgan fingerprint density at radius 1 is 1.26 bits per heavy atom. The fraction of sp³-hybridized carbons (Fsp3) is 0.267. The van der Waals surface area contributed by atoms with E-state index in [4.69, 9.17) is 5.73 Å². The van der Waals surface area contributed by atoms with Crippen LogP contribution >= 0.6 is 11.3 Å². The Kier molecular flexibility index (Phi) is 4.71. The molecule has 0 fully saturated rings. The highest BCUT2D eigenvalue weighted by molar-refractivity contribution is 7.09. The summed E-state index contributed by atoms with van der Waals surface area (Å²) in [6.45, 7) is 2.70. The molecule has 2 N–H and O–H groups in total. The van der Waals surface area contributed by atoms with E-state index in [1.54, 1.807) is 11.3 Å². The summed E-state index contributed by atoms with van der Waals surface area (Å²) in [5.74, 6) is -0.0234. The molecule has 0 saturated carbocycles. The molecule has 0 aliphatic heterocycles. The predicted octanol–water partition coefficient (Wildman–Crippen LogP) is 2.80. The highest BCUT2D eigenvalue weighted by Gasteiger charge is 2.20. The first kappa shape index (κ1) is 13.8. The minimum Gasteiger partial charge on any atom is -0.330 e. The summed E-state index contributed by atoms with van der Waals surface area (Å²) in [7, 11) is 0. The Balaban J connectivity index is 2.20. The lowest BCUT2D eigenvalue weighted by atomic mass is 10.1. The molecule has 0 aliphatic rings. The van der Waals surface area contributed by atoms with Gasteiger partial charge in [0, 0.05) is 4.88 Å². The molecular formula is C15H18N2OS. The molecule has 1 atom stereocenters. The average molecular weight is 274 g/mol. The summed E-state index contributed by atoms with van der Waals surface area (Å²) in [5.41, 5.74) is 6.66. The van der Waals surface area contributed by atoms with Gasteiger partial charge in [-0.15, -0.1) is 11.3 Å². The zero-order chi connectivity index (χ0) is 13.7. The van der Waals surface area contributed by atoms with Crippen LogP contribution in [0.15, 0.2) is 47.8 Å². The molecule has 1 aromatic carbocycles. The summed E-state index contributed by atoms with van der Waals surface area (Å²) in [6.07, 6.45) is 0. The van der Waals surface area contributed by atoms with Crippen molar-refractivity contribution in [2.75, 3.05) is 6.54 Å². The maximum Gasteiger partial charge on any atom is 0.237 e. The van der Waals surface area contributed by atoms with E-state index in [1.165, 1.54) is 4.88 Å². The second kappa shape index (κ2) is 6.50. The van der Waals surface area contributed by atoms with E-state index in [0.717, 1.165) is 5.56 Å². The molecule has 0 saturated heterocycles. The molecule has 0 spiro atoms. The van der Waals surface area contributed by atoms with Gasteiger partial charge in [-0.25, -0.2) is 0 Å². The Bertz CT molecular complexity index is 510. The van der Waals surface area contributed by atoms with Crippen molar-refractivity contribution in [3.05, 3.63) is 58.3 Å². The largest absolute Gasteiger partial charge is 0.330 e. The van der Waals surface area contributed by atoms with Gasteiger partial charge in [0.15, 0.2) is 0 Å². The van der Waals surface area contributed by atoms with Crippen LogP contribution in [0, 0.1) is 0 Å². The maximum absolute atomic E-state index is 12.1. The second-order valence-electron chi connectivity index (χ2n) is 4.39. The summed E-state index contributed by atoms with van der Waals surface area (Å²) < 4.78 is 0. The molecular weight excluding hydrogens is 256 g/mol. The Labute approximate surface area is 117 Å². The smallest absolute Gasteiger partial charge is 0.237 e. The minimum absolute atomic E-state index is 0.0234. The van der Waals surface area contributed by atoms with Crippen molar-refractivity contribution in [1.82, 2.24) is 4.90 Å². The molecule has 0 radical (unpaired) electrons. The van der Waals surface area contributed by atoms with Gasteiger partial charge >= 0.3 is 0 Å². The van der Waals surface area contributed by atoms with Crippen LogP contribution in [0.3, 0.4) is 0 Å². The standard InChI is InChI=1S/C15H18N2OS/c1-12(13-6-3-2-4-7-13)17(15(18)10-16)11-14-8-5-9-19-14/h2-9,12H,10-11,16H2,1H3. The van der Waals surface area contributed by atoms with Crippen LogP contribution < -0.4 is 5.73 Å². The van der Waals surface area contributed by atoms with Gasteiger partial charge in [-0.1, -0.05) is 36.4 Å². The average Bonchev–Trinajstić information content (AvgIpc) is 2.97. The zero-order valence-corrected chi connectivity index (χ0v) is 11.8. The number of thiophene rings is 1. The highest BCUT2D eigenvalue weighted by Crippen LogP contribution is 2.23.